The van der Waals surface area contributed by atoms with Crippen molar-refractivity contribution in [2.75, 3.05) is 0 Å². The Morgan fingerprint density at radius 2 is 2.08 bits per heavy atom. The van der Waals surface area contributed by atoms with Crippen LogP contribution in [0.5, 0.6) is 0 Å². The molecule has 0 aromatic carbocycles. The van der Waals surface area contributed by atoms with Crippen LogP contribution < -0.4 is 4.72 Å². The molecule has 1 aromatic rings. The van der Waals surface area contributed by atoms with E-state index >= 15 is 0 Å². The maximum Gasteiger partial charge on any atom is 0.129 e. The first kappa shape index (κ1) is 9.48. The van der Waals surface area contributed by atoms with Crippen LogP contribution in [0.1, 0.15) is 20.8 Å². The van der Waals surface area contributed by atoms with Crippen molar-refractivity contribution in [3.63, 3.8) is 0 Å². The third kappa shape index (κ3) is 3.69. The third-order valence-electron chi connectivity index (χ3n) is 1.00. The van der Waals surface area contributed by atoms with Crippen molar-refractivity contribution >= 4 is 11.9 Å². The molecule has 12 heavy (non-hydrogen) atoms. The zero-order chi connectivity index (χ0) is 9.03. The lowest BCUT2D eigenvalue weighted by Crippen LogP contribution is -2.29. The Kier molecular flexibility index (Phi) is 3.05. The fraction of sp³-hybridized carbons (Fsp3) is 0.500. The molecule has 0 amide bonds. The van der Waals surface area contributed by atoms with E-state index in [1.807, 2.05) is 0 Å². The predicted octanol–water partition coefficient (Wildman–Crippen LogP) is 1.87. The molecule has 0 unspecified atom stereocenters. The molecule has 0 aliphatic heterocycles. The molecule has 0 aliphatic rings. The van der Waals surface area contributed by atoms with E-state index in [1.54, 1.807) is 18.6 Å². The molecular weight excluding hydrogens is 170 g/mol. The first-order valence-corrected chi connectivity index (χ1v) is 4.59. The summed E-state index contributed by atoms with van der Waals surface area (Å²) >= 11 is 1.50. The largest absolute Gasteiger partial charge is 0.260 e. The molecule has 1 N–H and O–H groups in total. The molecule has 0 fully saturated rings. The van der Waals surface area contributed by atoms with Gasteiger partial charge in [0.2, 0.25) is 0 Å². The zero-order valence-corrected chi connectivity index (χ0v) is 8.35. The van der Waals surface area contributed by atoms with Crippen molar-refractivity contribution in [2.24, 2.45) is 0 Å². The molecular formula is C8H13N3S. The molecule has 0 bridgehead atoms. The molecule has 66 valence electrons. The number of nitrogens with zero attached hydrogens (tertiary/aromatic N) is 2. The minimum Gasteiger partial charge on any atom is -0.260 e. The van der Waals surface area contributed by atoms with E-state index < -0.39 is 0 Å². The van der Waals surface area contributed by atoms with Crippen LogP contribution >= 0.6 is 11.9 Å². The van der Waals surface area contributed by atoms with Crippen molar-refractivity contribution < 1.29 is 0 Å². The van der Waals surface area contributed by atoms with Crippen molar-refractivity contribution in [3.8, 4) is 0 Å². The van der Waals surface area contributed by atoms with E-state index in [1.165, 1.54) is 11.9 Å². The van der Waals surface area contributed by atoms with Crippen LogP contribution in [0.4, 0.5) is 0 Å². The Morgan fingerprint density at radius 1 is 1.33 bits per heavy atom. The summed E-state index contributed by atoms with van der Waals surface area (Å²) in [4.78, 5) is 8.08. The van der Waals surface area contributed by atoms with Gasteiger partial charge < -0.3 is 0 Å². The second-order valence-electron chi connectivity index (χ2n) is 3.50. The Morgan fingerprint density at radius 3 is 2.58 bits per heavy atom. The minimum atomic E-state index is 0.0994. The molecule has 0 atom stereocenters. The lowest BCUT2D eigenvalue weighted by atomic mass is 10.1. The highest BCUT2D eigenvalue weighted by molar-refractivity contribution is 7.97. The average Bonchev–Trinajstić information content (AvgIpc) is 2.02. The first-order valence-electron chi connectivity index (χ1n) is 3.78. The molecule has 0 radical (unpaired) electrons. The lowest BCUT2D eigenvalue weighted by molar-refractivity contribution is 0.535. The van der Waals surface area contributed by atoms with Gasteiger partial charge in [-0.05, 0) is 32.7 Å². The van der Waals surface area contributed by atoms with Crippen LogP contribution in [-0.4, -0.2) is 15.5 Å². The molecule has 0 saturated heterocycles. The summed E-state index contributed by atoms with van der Waals surface area (Å²) in [6.07, 6.45) is 5.09. The molecule has 3 nitrogen and oxygen atoms in total. The van der Waals surface area contributed by atoms with Crippen LogP contribution in [0.15, 0.2) is 23.6 Å². The molecule has 4 heteroatoms. The Bertz CT molecular complexity index is 230. The second-order valence-corrected chi connectivity index (χ2v) is 4.32. The van der Waals surface area contributed by atoms with Crippen LogP contribution in [-0.2, 0) is 0 Å². The summed E-state index contributed by atoms with van der Waals surface area (Å²) in [6, 6.07) is 0. The van der Waals surface area contributed by atoms with Crippen molar-refractivity contribution in [1.29, 1.82) is 0 Å². The van der Waals surface area contributed by atoms with Crippen molar-refractivity contribution in [3.05, 3.63) is 18.6 Å². The molecule has 1 heterocycles. The highest BCUT2D eigenvalue weighted by atomic mass is 32.2. The number of hydrogen-bond donors (Lipinski definition) is 1. The van der Waals surface area contributed by atoms with Gasteiger partial charge in [-0.25, -0.2) is 4.98 Å². The predicted molar refractivity (Wildman–Crippen MR) is 50.8 cm³/mol. The van der Waals surface area contributed by atoms with Crippen LogP contribution in [0.25, 0.3) is 0 Å². The van der Waals surface area contributed by atoms with Crippen LogP contribution in [0.2, 0.25) is 0 Å². The zero-order valence-electron chi connectivity index (χ0n) is 7.53. The fourth-order valence-corrected chi connectivity index (χ4v) is 1.18. The summed E-state index contributed by atoms with van der Waals surface area (Å²) in [5.74, 6) is 0. The quantitative estimate of drug-likeness (QED) is 0.710. The van der Waals surface area contributed by atoms with Gasteiger partial charge in [-0.1, -0.05) is 0 Å². The van der Waals surface area contributed by atoms with E-state index in [2.05, 4.69) is 35.5 Å². The van der Waals surface area contributed by atoms with Crippen molar-refractivity contribution in [1.82, 2.24) is 14.7 Å². The molecule has 1 aromatic heterocycles. The van der Waals surface area contributed by atoms with Gasteiger partial charge in [-0.2, -0.15) is 0 Å². The topological polar surface area (TPSA) is 37.8 Å². The summed E-state index contributed by atoms with van der Waals surface area (Å²) in [6.45, 7) is 6.32. The fourth-order valence-electron chi connectivity index (χ4n) is 0.543. The highest BCUT2D eigenvalue weighted by Gasteiger charge is 2.09. The van der Waals surface area contributed by atoms with Gasteiger partial charge in [0.1, 0.15) is 5.03 Å². The third-order valence-corrected chi connectivity index (χ3v) is 2.14. The van der Waals surface area contributed by atoms with Gasteiger partial charge >= 0.3 is 0 Å². The van der Waals surface area contributed by atoms with Crippen molar-refractivity contribution in [2.45, 2.75) is 31.3 Å². The van der Waals surface area contributed by atoms with Crippen LogP contribution in [0.3, 0.4) is 0 Å². The number of nitrogens with one attached hydrogen (secondary N) is 1. The highest BCUT2D eigenvalue weighted by Crippen LogP contribution is 2.13. The van der Waals surface area contributed by atoms with E-state index in [-0.39, 0.29) is 5.54 Å². The maximum absolute atomic E-state index is 4.12. The van der Waals surface area contributed by atoms with Gasteiger partial charge in [0.25, 0.3) is 0 Å². The van der Waals surface area contributed by atoms with Gasteiger partial charge in [0.15, 0.2) is 0 Å². The van der Waals surface area contributed by atoms with Crippen LogP contribution in [0, 0.1) is 0 Å². The van der Waals surface area contributed by atoms with E-state index in [0.29, 0.717) is 0 Å². The second kappa shape index (κ2) is 3.87. The molecule has 0 aliphatic carbocycles. The summed E-state index contributed by atoms with van der Waals surface area (Å²) in [5.41, 5.74) is 0.0994. The normalized spacial score (nSPS) is 11.6. The lowest BCUT2D eigenvalue weighted by Gasteiger charge is -2.18. The SMILES string of the molecule is CC(C)(C)NSc1cnccn1. The summed E-state index contributed by atoms with van der Waals surface area (Å²) in [5, 5.41) is 0.896. The Balaban J connectivity index is 2.44. The Labute approximate surface area is 77.1 Å². The number of rotatable bonds is 2. The Hall–Kier alpha value is -0.610. The standard InChI is InChI=1S/C8H13N3S/c1-8(2,3)11-12-7-6-9-4-5-10-7/h4-6,11H,1-3H3. The smallest absolute Gasteiger partial charge is 0.129 e. The molecule has 0 spiro atoms. The first-order chi connectivity index (χ1) is 5.58. The summed E-state index contributed by atoms with van der Waals surface area (Å²) < 4.78 is 3.25. The van der Waals surface area contributed by atoms with E-state index in [0.717, 1.165) is 5.03 Å². The van der Waals surface area contributed by atoms with Gasteiger partial charge in [-0.3, -0.25) is 9.71 Å². The van der Waals surface area contributed by atoms with E-state index in [4.69, 9.17) is 0 Å². The van der Waals surface area contributed by atoms with Gasteiger partial charge in [0, 0.05) is 17.9 Å². The average molecular weight is 183 g/mol. The van der Waals surface area contributed by atoms with Gasteiger partial charge in [0.05, 0.1) is 6.20 Å². The van der Waals surface area contributed by atoms with E-state index in [9.17, 15) is 0 Å². The number of hydrogen-bond acceptors (Lipinski definition) is 4. The molecule has 0 saturated carbocycles. The van der Waals surface area contributed by atoms with Gasteiger partial charge in [-0.15, -0.1) is 0 Å². The molecule has 1 rings (SSSR count). The number of aromatic nitrogens is 2. The maximum atomic E-state index is 4.12. The monoisotopic (exact) mass is 183 g/mol. The summed E-state index contributed by atoms with van der Waals surface area (Å²) in [7, 11) is 0. The minimum absolute atomic E-state index is 0.0994.